The molecule has 7 heteroatoms. The first-order chi connectivity index (χ1) is 13.1. The maximum atomic E-state index is 12.7. The van der Waals surface area contributed by atoms with Crippen LogP contribution < -0.4 is 15.1 Å². The lowest BCUT2D eigenvalue weighted by molar-refractivity contribution is -0.122. The van der Waals surface area contributed by atoms with Gasteiger partial charge >= 0.3 is 0 Å². The summed E-state index contributed by atoms with van der Waals surface area (Å²) in [5, 5.41) is 3.00. The summed E-state index contributed by atoms with van der Waals surface area (Å²) >= 11 is 0. The highest BCUT2D eigenvalue weighted by molar-refractivity contribution is 5.83. The molecule has 1 aliphatic rings. The number of anilines is 2. The summed E-state index contributed by atoms with van der Waals surface area (Å²) in [6, 6.07) is 9.87. The van der Waals surface area contributed by atoms with Crippen LogP contribution in [0.2, 0.25) is 0 Å². The Labute approximate surface area is 160 Å². The number of hydrogen-bond donors (Lipinski definition) is 1. The van der Waals surface area contributed by atoms with Gasteiger partial charge in [0.05, 0.1) is 12.5 Å². The van der Waals surface area contributed by atoms with Gasteiger partial charge in [0.15, 0.2) is 5.82 Å². The minimum atomic E-state index is -0.167. The molecular formula is C20H28N6O. The zero-order chi connectivity index (χ0) is 19.2. The third-order valence-electron chi connectivity index (χ3n) is 4.79. The molecule has 1 N–H and O–H groups in total. The molecule has 1 aliphatic heterocycles. The number of amides is 1. The Balaban J connectivity index is 1.73. The predicted molar refractivity (Wildman–Crippen MR) is 107 cm³/mol. The van der Waals surface area contributed by atoms with Crippen molar-refractivity contribution >= 4 is 17.8 Å². The molecule has 1 atom stereocenters. The highest BCUT2D eigenvalue weighted by Crippen LogP contribution is 2.20. The van der Waals surface area contributed by atoms with Gasteiger partial charge in [0.25, 0.3) is 0 Å². The number of rotatable bonds is 7. The van der Waals surface area contributed by atoms with Crippen molar-refractivity contribution in [3.63, 3.8) is 0 Å². The highest BCUT2D eigenvalue weighted by Gasteiger charge is 2.20. The van der Waals surface area contributed by atoms with Gasteiger partial charge in [0.1, 0.15) is 0 Å². The third-order valence-corrected chi connectivity index (χ3v) is 4.79. The smallest absolute Gasteiger partial charge is 0.230 e. The predicted octanol–water partition coefficient (Wildman–Crippen LogP) is 2.35. The summed E-state index contributed by atoms with van der Waals surface area (Å²) in [5.74, 6) is 1.74. The number of carbonyl (C=O) groups excluding carboxylic acids is 1. The van der Waals surface area contributed by atoms with Crippen LogP contribution in [0.25, 0.3) is 0 Å². The van der Waals surface area contributed by atoms with Crippen molar-refractivity contribution in [2.75, 3.05) is 37.0 Å². The fraction of sp³-hybridized carbons (Fsp3) is 0.500. The minimum absolute atomic E-state index is 0.00163. The second-order valence-electron chi connectivity index (χ2n) is 7.03. The lowest BCUT2D eigenvalue weighted by Gasteiger charge is -2.19. The van der Waals surface area contributed by atoms with Crippen molar-refractivity contribution in [3.8, 4) is 0 Å². The van der Waals surface area contributed by atoms with E-state index in [2.05, 4.69) is 25.2 Å². The number of carbonyl (C=O) groups is 1. The van der Waals surface area contributed by atoms with Crippen molar-refractivity contribution < 1.29 is 4.79 Å². The molecule has 7 nitrogen and oxygen atoms in total. The second-order valence-corrected chi connectivity index (χ2v) is 7.03. The topological polar surface area (TPSA) is 74.2 Å². The minimum Gasteiger partial charge on any atom is -0.348 e. The third kappa shape index (κ3) is 4.72. The summed E-state index contributed by atoms with van der Waals surface area (Å²) in [5.41, 5.74) is 1.03. The van der Waals surface area contributed by atoms with Gasteiger partial charge in [-0.05, 0) is 24.8 Å². The fourth-order valence-electron chi connectivity index (χ4n) is 3.28. The van der Waals surface area contributed by atoms with Crippen LogP contribution in [0.4, 0.5) is 11.9 Å². The molecule has 3 rings (SSSR count). The lowest BCUT2D eigenvalue weighted by atomic mass is 9.96. The Hall–Kier alpha value is -2.70. The molecule has 0 saturated carbocycles. The summed E-state index contributed by atoms with van der Waals surface area (Å²) in [6.45, 7) is 4.26. The summed E-state index contributed by atoms with van der Waals surface area (Å²) < 4.78 is 0. The van der Waals surface area contributed by atoms with Crippen LogP contribution >= 0.6 is 0 Å². The van der Waals surface area contributed by atoms with Gasteiger partial charge in [0, 0.05) is 27.2 Å². The van der Waals surface area contributed by atoms with Crippen LogP contribution in [0.15, 0.2) is 30.3 Å². The van der Waals surface area contributed by atoms with Crippen molar-refractivity contribution in [2.24, 2.45) is 0 Å². The van der Waals surface area contributed by atoms with Gasteiger partial charge < -0.3 is 15.1 Å². The van der Waals surface area contributed by atoms with Crippen molar-refractivity contribution in [2.45, 2.75) is 38.6 Å². The van der Waals surface area contributed by atoms with E-state index < -0.39 is 0 Å². The van der Waals surface area contributed by atoms with Gasteiger partial charge in [-0.15, -0.1) is 0 Å². The lowest BCUT2D eigenvalue weighted by Crippen LogP contribution is -2.30. The quantitative estimate of drug-likeness (QED) is 0.809. The summed E-state index contributed by atoms with van der Waals surface area (Å²) in [4.78, 5) is 30.4. The first-order valence-corrected chi connectivity index (χ1v) is 9.58. The van der Waals surface area contributed by atoms with Crippen molar-refractivity contribution in [3.05, 3.63) is 41.7 Å². The average molecular weight is 368 g/mol. The number of benzene rings is 1. The molecule has 0 bridgehead atoms. The normalized spacial score (nSPS) is 14.9. The molecule has 2 aromatic rings. The molecule has 0 spiro atoms. The number of nitrogens with one attached hydrogen (secondary N) is 1. The molecule has 1 saturated heterocycles. The van der Waals surface area contributed by atoms with Crippen LogP contribution in [0.3, 0.4) is 0 Å². The van der Waals surface area contributed by atoms with Crippen LogP contribution in [-0.2, 0) is 11.3 Å². The second kappa shape index (κ2) is 8.79. The molecule has 1 aromatic heterocycles. The van der Waals surface area contributed by atoms with E-state index in [1.807, 2.05) is 56.3 Å². The van der Waals surface area contributed by atoms with Crippen LogP contribution in [-0.4, -0.2) is 48.0 Å². The molecule has 1 fully saturated rings. The Kier molecular flexibility index (Phi) is 6.21. The molecule has 0 aliphatic carbocycles. The maximum Gasteiger partial charge on any atom is 0.230 e. The Morgan fingerprint density at radius 2 is 1.85 bits per heavy atom. The van der Waals surface area contributed by atoms with E-state index in [1.54, 1.807) is 0 Å². The summed E-state index contributed by atoms with van der Waals surface area (Å²) in [6.07, 6.45) is 3.06. The van der Waals surface area contributed by atoms with Gasteiger partial charge in [0.2, 0.25) is 17.8 Å². The van der Waals surface area contributed by atoms with Crippen LogP contribution in [0, 0.1) is 0 Å². The largest absolute Gasteiger partial charge is 0.348 e. The van der Waals surface area contributed by atoms with Crippen LogP contribution in [0.1, 0.15) is 43.5 Å². The van der Waals surface area contributed by atoms with E-state index in [-0.39, 0.29) is 11.8 Å². The molecule has 144 valence electrons. The van der Waals surface area contributed by atoms with Gasteiger partial charge in [-0.25, -0.2) is 0 Å². The van der Waals surface area contributed by atoms with Crippen molar-refractivity contribution in [1.29, 1.82) is 0 Å². The van der Waals surface area contributed by atoms with E-state index in [0.29, 0.717) is 24.3 Å². The van der Waals surface area contributed by atoms with E-state index in [1.165, 1.54) is 0 Å². The van der Waals surface area contributed by atoms with Crippen molar-refractivity contribution in [1.82, 2.24) is 20.3 Å². The molecule has 27 heavy (non-hydrogen) atoms. The van der Waals surface area contributed by atoms with Gasteiger partial charge in [-0.2, -0.15) is 15.0 Å². The van der Waals surface area contributed by atoms with Gasteiger partial charge in [-0.1, -0.05) is 37.3 Å². The highest BCUT2D eigenvalue weighted by atomic mass is 16.1. The zero-order valence-corrected chi connectivity index (χ0v) is 16.4. The fourth-order valence-corrected chi connectivity index (χ4v) is 3.28. The maximum absolute atomic E-state index is 12.7. The monoisotopic (exact) mass is 368 g/mol. The van der Waals surface area contributed by atoms with E-state index >= 15 is 0 Å². The molecule has 1 amide bonds. The SMILES string of the molecule is CCC(C(=O)NCc1nc(N(C)C)nc(N2CCCC2)n1)c1ccccc1. The van der Waals surface area contributed by atoms with Gasteiger partial charge in [-0.3, -0.25) is 4.79 Å². The number of aromatic nitrogens is 3. The molecule has 0 radical (unpaired) electrons. The van der Waals surface area contributed by atoms with E-state index in [9.17, 15) is 4.79 Å². The average Bonchev–Trinajstić information content (AvgIpc) is 3.22. The Morgan fingerprint density at radius 1 is 1.15 bits per heavy atom. The molecule has 2 heterocycles. The van der Waals surface area contributed by atoms with E-state index in [0.717, 1.165) is 37.9 Å². The molecule has 1 unspecified atom stereocenters. The number of hydrogen-bond acceptors (Lipinski definition) is 6. The first kappa shape index (κ1) is 19.1. The molecular weight excluding hydrogens is 340 g/mol. The first-order valence-electron chi connectivity index (χ1n) is 9.58. The number of nitrogens with zero attached hydrogens (tertiary/aromatic N) is 5. The standard InChI is InChI=1S/C20H28N6O/c1-4-16(15-10-6-5-7-11-15)18(27)21-14-17-22-19(25(2)3)24-20(23-17)26-12-8-9-13-26/h5-7,10-11,16H,4,8-9,12-14H2,1-3H3,(H,21,27). The zero-order valence-electron chi connectivity index (χ0n) is 16.4. The Morgan fingerprint density at radius 3 is 2.48 bits per heavy atom. The Bertz CT molecular complexity index is 758. The molecule has 1 aromatic carbocycles. The van der Waals surface area contributed by atoms with E-state index in [4.69, 9.17) is 0 Å². The van der Waals surface area contributed by atoms with Crippen LogP contribution in [0.5, 0.6) is 0 Å². The summed E-state index contributed by atoms with van der Waals surface area (Å²) in [7, 11) is 3.82.